The highest BCUT2D eigenvalue weighted by Gasteiger charge is 2.23. The number of benzene rings is 1. The van der Waals surface area contributed by atoms with Crippen molar-refractivity contribution in [2.45, 2.75) is 19.4 Å². The molecule has 1 atom stereocenters. The van der Waals surface area contributed by atoms with Crippen LogP contribution >= 0.6 is 0 Å². The maximum Gasteiger partial charge on any atom is 0.251 e. The van der Waals surface area contributed by atoms with Gasteiger partial charge in [-0.2, -0.15) is 0 Å². The van der Waals surface area contributed by atoms with Crippen LogP contribution in [0.5, 0.6) is 0 Å². The molecule has 90 valence electrons. The van der Waals surface area contributed by atoms with Gasteiger partial charge in [0.2, 0.25) is 5.91 Å². The lowest BCUT2D eigenvalue weighted by Gasteiger charge is -2.12. The van der Waals surface area contributed by atoms with Gasteiger partial charge in [-0.05, 0) is 30.7 Å². The number of carbonyl (C=O) groups excluding carboxylic acids is 2. The molecule has 0 spiro atoms. The number of aryl methyl sites for hydroxylation is 1. The molecule has 1 aliphatic heterocycles. The summed E-state index contributed by atoms with van der Waals surface area (Å²) in [5.74, 6) is -0.187. The van der Waals surface area contributed by atoms with E-state index < -0.39 is 0 Å². The van der Waals surface area contributed by atoms with Crippen molar-refractivity contribution in [1.29, 1.82) is 0 Å². The van der Waals surface area contributed by atoms with Gasteiger partial charge < -0.3 is 16.4 Å². The second-order valence-corrected chi connectivity index (χ2v) is 4.25. The Morgan fingerprint density at radius 2 is 2.29 bits per heavy atom. The molecule has 5 nitrogen and oxygen atoms in total. The summed E-state index contributed by atoms with van der Waals surface area (Å²) in [5.41, 5.74) is 7.69. The summed E-state index contributed by atoms with van der Waals surface area (Å²) in [5, 5.41) is 5.50. The molecule has 0 saturated carbocycles. The molecule has 1 heterocycles. The van der Waals surface area contributed by atoms with Gasteiger partial charge in [0.15, 0.2) is 0 Å². The highest BCUT2D eigenvalue weighted by molar-refractivity contribution is 5.96. The first-order valence-corrected chi connectivity index (χ1v) is 5.50. The topological polar surface area (TPSA) is 84.2 Å². The van der Waals surface area contributed by atoms with E-state index in [1.54, 1.807) is 18.2 Å². The highest BCUT2D eigenvalue weighted by atomic mass is 16.2. The first kappa shape index (κ1) is 11.4. The molecular weight excluding hydrogens is 218 g/mol. The van der Waals surface area contributed by atoms with Gasteiger partial charge in [0.05, 0.1) is 6.04 Å². The molecule has 1 fully saturated rings. The molecule has 1 aromatic rings. The van der Waals surface area contributed by atoms with Crippen LogP contribution in [-0.2, 0) is 4.79 Å². The Bertz CT molecular complexity index is 471. The molecule has 0 radical (unpaired) electrons. The zero-order chi connectivity index (χ0) is 12.4. The fourth-order valence-corrected chi connectivity index (χ4v) is 1.91. The van der Waals surface area contributed by atoms with Crippen LogP contribution < -0.4 is 16.4 Å². The minimum absolute atomic E-state index is 0.0238. The quantitative estimate of drug-likeness (QED) is 0.638. The highest BCUT2D eigenvalue weighted by Crippen LogP contribution is 2.13. The number of hydrogen-bond acceptors (Lipinski definition) is 3. The summed E-state index contributed by atoms with van der Waals surface area (Å²) in [6.45, 7) is 2.34. The molecule has 1 aliphatic rings. The molecule has 0 aromatic heterocycles. The first-order valence-electron chi connectivity index (χ1n) is 5.50. The largest absolute Gasteiger partial charge is 0.399 e. The second kappa shape index (κ2) is 4.45. The van der Waals surface area contributed by atoms with E-state index in [9.17, 15) is 9.59 Å². The Morgan fingerprint density at radius 3 is 2.88 bits per heavy atom. The molecule has 4 N–H and O–H groups in total. The molecule has 2 amide bonds. The van der Waals surface area contributed by atoms with Crippen LogP contribution in [0.4, 0.5) is 5.69 Å². The van der Waals surface area contributed by atoms with Crippen LogP contribution in [0.2, 0.25) is 0 Å². The third-order valence-electron chi connectivity index (χ3n) is 2.81. The SMILES string of the molecule is Cc1cc(N)ccc1C(=O)NC1CNC(=O)C1. The van der Waals surface area contributed by atoms with E-state index in [0.717, 1.165) is 5.56 Å². The fraction of sp³-hybridized carbons (Fsp3) is 0.333. The number of nitrogen functional groups attached to an aromatic ring is 1. The van der Waals surface area contributed by atoms with Crippen LogP contribution in [0.15, 0.2) is 18.2 Å². The monoisotopic (exact) mass is 233 g/mol. The molecular formula is C12H15N3O2. The van der Waals surface area contributed by atoms with Gasteiger partial charge in [0.25, 0.3) is 5.91 Å². The Balaban J connectivity index is 2.07. The number of amides is 2. The van der Waals surface area contributed by atoms with Gasteiger partial charge in [-0.3, -0.25) is 9.59 Å². The van der Waals surface area contributed by atoms with E-state index in [0.29, 0.717) is 24.2 Å². The molecule has 5 heteroatoms. The van der Waals surface area contributed by atoms with Crippen LogP contribution in [0.25, 0.3) is 0 Å². The zero-order valence-corrected chi connectivity index (χ0v) is 9.62. The average Bonchev–Trinajstić information content (AvgIpc) is 2.63. The molecule has 17 heavy (non-hydrogen) atoms. The lowest BCUT2D eigenvalue weighted by molar-refractivity contribution is -0.119. The second-order valence-electron chi connectivity index (χ2n) is 4.25. The van der Waals surface area contributed by atoms with Crippen molar-refractivity contribution in [2.24, 2.45) is 0 Å². The van der Waals surface area contributed by atoms with E-state index in [2.05, 4.69) is 10.6 Å². The molecule has 1 aromatic carbocycles. The van der Waals surface area contributed by atoms with Gasteiger partial charge in [0.1, 0.15) is 0 Å². The number of nitrogens with one attached hydrogen (secondary N) is 2. The Hall–Kier alpha value is -2.04. The van der Waals surface area contributed by atoms with Gasteiger partial charge >= 0.3 is 0 Å². The normalized spacial score (nSPS) is 18.9. The van der Waals surface area contributed by atoms with Crippen LogP contribution in [-0.4, -0.2) is 24.4 Å². The van der Waals surface area contributed by atoms with Crippen LogP contribution in [0.3, 0.4) is 0 Å². The summed E-state index contributed by atoms with van der Waals surface area (Å²) in [7, 11) is 0. The third-order valence-corrected chi connectivity index (χ3v) is 2.81. The first-order chi connectivity index (χ1) is 8.06. The molecule has 2 rings (SSSR count). The minimum Gasteiger partial charge on any atom is -0.399 e. The van der Waals surface area contributed by atoms with Crippen molar-refractivity contribution in [3.8, 4) is 0 Å². The van der Waals surface area contributed by atoms with Crippen molar-refractivity contribution in [3.63, 3.8) is 0 Å². The average molecular weight is 233 g/mol. The maximum absolute atomic E-state index is 11.9. The van der Waals surface area contributed by atoms with Gasteiger partial charge in [-0.25, -0.2) is 0 Å². The standard InChI is InChI=1S/C12H15N3O2/c1-7-4-8(13)2-3-10(7)12(17)15-9-5-11(16)14-6-9/h2-4,9H,5-6,13H2,1H3,(H,14,16)(H,15,17). The number of carbonyl (C=O) groups is 2. The summed E-state index contributed by atoms with van der Waals surface area (Å²) < 4.78 is 0. The number of anilines is 1. The number of nitrogens with two attached hydrogens (primary N) is 1. The van der Waals surface area contributed by atoms with Crippen LogP contribution in [0.1, 0.15) is 22.3 Å². The Morgan fingerprint density at radius 1 is 1.53 bits per heavy atom. The third kappa shape index (κ3) is 2.55. The predicted molar refractivity (Wildman–Crippen MR) is 64.5 cm³/mol. The minimum atomic E-state index is -0.163. The van der Waals surface area contributed by atoms with Crippen LogP contribution in [0, 0.1) is 6.92 Å². The summed E-state index contributed by atoms with van der Waals surface area (Å²) >= 11 is 0. The van der Waals surface area contributed by atoms with Crippen molar-refractivity contribution >= 4 is 17.5 Å². The van der Waals surface area contributed by atoms with E-state index >= 15 is 0 Å². The summed E-state index contributed by atoms with van der Waals surface area (Å²) in [6, 6.07) is 5.03. The van der Waals surface area contributed by atoms with Gasteiger partial charge in [-0.1, -0.05) is 0 Å². The van der Waals surface area contributed by atoms with E-state index in [1.165, 1.54) is 0 Å². The Labute approximate surface area is 99.4 Å². The fourth-order valence-electron chi connectivity index (χ4n) is 1.91. The van der Waals surface area contributed by atoms with Crippen molar-refractivity contribution in [1.82, 2.24) is 10.6 Å². The lowest BCUT2D eigenvalue weighted by atomic mass is 10.1. The van der Waals surface area contributed by atoms with E-state index in [4.69, 9.17) is 5.73 Å². The number of rotatable bonds is 2. The lowest BCUT2D eigenvalue weighted by Crippen LogP contribution is -2.36. The molecule has 0 bridgehead atoms. The summed E-state index contributed by atoms with van der Waals surface area (Å²) in [4.78, 5) is 23.0. The van der Waals surface area contributed by atoms with Crippen molar-refractivity contribution < 1.29 is 9.59 Å². The van der Waals surface area contributed by atoms with E-state index in [-0.39, 0.29) is 17.9 Å². The van der Waals surface area contributed by atoms with Gasteiger partial charge in [-0.15, -0.1) is 0 Å². The van der Waals surface area contributed by atoms with Gasteiger partial charge in [0, 0.05) is 24.2 Å². The number of hydrogen-bond donors (Lipinski definition) is 3. The van der Waals surface area contributed by atoms with Crippen molar-refractivity contribution in [3.05, 3.63) is 29.3 Å². The van der Waals surface area contributed by atoms with E-state index in [1.807, 2.05) is 6.92 Å². The molecule has 1 saturated heterocycles. The zero-order valence-electron chi connectivity index (χ0n) is 9.62. The summed E-state index contributed by atoms with van der Waals surface area (Å²) in [6.07, 6.45) is 0.347. The molecule has 0 aliphatic carbocycles. The smallest absolute Gasteiger partial charge is 0.251 e. The predicted octanol–water partition coefficient (Wildman–Crippen LogP) is 0.196. The molecule has 1 unspecified atom stereocenters. The van der Waals surface area contributed by atoms with Crippen molar-refractivity contribution in [2.75, 3.05) is 12.3 Å². The maximum atomic E-state index is 11.9. The Kier molecular flexibility index (Phi) is 2.99.